The van der Waals surface area contributed by atoms with E-state index < -0.39 is 11.6 Å². The Balaban J connectivity index is 2.57. The van der Waals surface area contributed by atoms with Crippen molar-refractivity contribution in [2.75, 3.05) is 0 Å². The summed E-state index contributed by atoms with van der Waals surface area (Å²) in [7, 11) is 0. The minimum atomic E-state index is -2.58. The Morgan fingerprint density at radius 3 is 2.36 bits per heavy atom. The molecule has 0 aliphatic heterocycles. The molecule has 1 aromatic rings. The molecule has 0 fully saturated rings. The lowest BCUT2D eigenvalue weighted by molar-refractivity contribution is -0.372. The van der Waals surface area contributed by atoms with Crippen LogP contribution in [0.4, 0.5) is 0 Å². The molecule has 14 heavy (non-hydrogen) atoms. The summed E-state index contributed by atoms with van der Waals surface area (Å²) in [4.78, 5) is 0. The molecule has 0 saturated heterocycles. The van der Waals surface area contributed by atoms with Crippen LogP contribution >= 0.6 is 0 Å². The summed E-state index contributed by atoms with van der Waals surface area (Å²) in [6.07, 6.45) is 0.336. The van der Waals surface area contributed by atoms with Crippen LogP contribution in [-0.4, -0.2) is 26.2 Å². The second-order valence-corrected chi connectivity index (χ2v) is 3.65. The summed E-state index contributed by atoms with van der Waals surface area (Å²) < 4.78 is 0. The van der Waals surface area contributed by atoms with Crippen molar-refractivity contribution in [3.05, 3.63) is 35.4 Å². The average Bonchev–Trinajstić information content (AvgIpc) is 2.13. The molecule has 0 spiro atoms. The van der Waals surface area contributed by atoms with E-state index in [0.29, 0.717) is 6.42 Å². The fraction of sp³-hybridized carbons (Fsp3) is 0.400. The number of benzene rings is 1. The predicted octanol–water partition coefficient (Wildman–Crippen LogP) is -0.549. The van der Waals surface area contributed by atoms with Crippen LogP contribution in [0.5, 0.6) is 0 Å². The lowest BCUT2D eigenvalue weighted by atomic mass is 9.82. The van der Waals surface area contributed by atoms with E-state index in [1.165, 1.54) is 6.07 Å². The largest absolute Gasteiger partial charge is 0.361 e. The molecule has 4 heteroatoms. The van der Waals surface area contributed by atoms with Gasteiger partial charge in [0, 0.05) is 12.0 Å². The summed E-state index contributed by atoms with van der Waals surface area (Å²) in [6.45, 7) is 0. The van der Waals surface area contributed by atoms with E-state index in [1.807, 2.05) is 0 Å². The zero-order valence-electron chi connectivity index (χ0n) is 7.51. The monoisotopic (exact) mass is 196 g/mol. The van der Waals surface area contributed by atoms with E-state index >= 15 is 0 Å². The van der Waals surface area contributed by atoms with Gasteiger partial charge in [-0.15, -0.1) is 0 Å². The molecule has 0 heterocycles. The maximum absolute atomic E-state index is 9.61. The van der Waals surface area contributed by atoms with Gasteiger partial charge in [0.1, 0.15) is 0 Å². The molecule has 76 valence electrons. The third-order valence-corrected chi connectivity index (χ3v) is 2.69. The highest BCUT2D eigenvalue weighted by Gasteiger charge is 2.51. The minimum absolute atomic E-state index is 0.0863. The molecule has 1 aromatic carbocycles. The topological polar surface area (TPSA) is 80.9 Å². The molecule has 0 bridgehead atoms. The maximum atomic E-state index is 9.61. The van der Waals surface area contributed by atoms with Crippen molar-refractivity contribution >= 4 is 0 Å². The SMILES string of the molecule is OC1(O)CCc2ccccc2C1(O)O. The third kappa shape index (κ3) is 1.16. The predicted molar refractivity (Wildman–Crippen MR) is 48.0 cm³/mol. The second kappa shape index (κ2) is 2.77. The first-order valence-electron chi connectivity index (χ1n) is 4.43. The molecule has 0 unspecified atom stereocenters. The van der Waals surface area contributed by atoms with Gasteiger partial charge in [0.15, 0.2) is 0 Å². The zero-order chi connectivity index (χ0) is 10.4. The molecule has 4 nitrogen and oxygen atoms in total. The molecule has 0 amide bonds. The highest BCUT2D eigenvalue weighted by Crippen LogP contribution is 2.38. The van der Waals surface area contributed by atoms with Crippen molar-refractivity contribution in [3.63, 3.8) is 0 Å². The van der Waals surface area contributed by atoms with Gasteiger partial charge in [0.2, 0.25) is 11.6 Å². The van der Waals surface area contributed by atoms with Crippen LogP contribution in [0.25, 0.3) is 0 Å². The molecule has 0 atom stereocenters. The van der Waals surface area contributed by atoms with E-state index in [-0.39, 0.29) is 12.0 Å². The summed E-state index contributed by atoms with van der Waals surface area (Å²) >= 11 is 0. The molecular formula is C10H12O4. The van der Waals surface area contributed by atoms with Crippen LogP contribution in [-0.2, 0) is 12.2 Å². The van der Waals surface area contributed by atoms with Crippen LogP contribution in [0.3, 0.4) is 0 Å². The van der Waals surface area contributed by atoms with Gasteiger partial charge in [0.25, 0.3) is 0 Å². The Kier molecular flexibility index (Phi) is 1.90. The van der Waals surface area contributed by atoms with Gasteiger partial charge in [-0.25, -0.2) is 0 Å². The standard InChI is InChI=1S/C10H12O4/c11-9(12)6-5-7-3-1-2-4-8(7)10(9,13)14/h1-4,11-14H,5-6H2. The minimum Gasteiger partial charge on any atom is -0.361 e. The van der Waals surface area contributed by atoms with Crippen LogP contribution in [0, 0.1) is 0 Å². The maximum Gasteiger partial charge on any atom is 0.246 e. The molecule has 1 aliphatic rings. The van der Waals surface area contributed by atoms with Gasteiger partial charge in [0.05, 0.1) is 0 Å². The third-order valence-electron chi connectivity index (χ3n) is 2.69. The van der Waals surface area contributed by atoms with E-state index in [4.69, 9.17) is 0 Å². The van der Waals surface area contributed by atoms with Crippen molar-refractivity contribution in [3.8, 4) is 0 Å². The Morgan fingerprint density at radius 2 is 1.64 bits per heavy atom. The summed E-state index contributed by atoms with van der Waals surface area (Å²) in [5.41, 5.74) is 0.896. The fourth-order valence-electron chi connectivity index (χ4n) is 1.78. The van der Waals surface area contributed by atoms with Crippen molar-refractivity contribution < 1.29 is 20.4 Å². The van der Waals surface area contributed by atoms with Crippen LogP contribution in [0.15, 0.2) is 24.3 Å². The van der Waals surface area contributed by atoms with E-state index in [2.05, 4.69) is 0 Å². The number of aryl methyl sites for hydroxylation is 1. The highest BCUT2D eigenvalue weighted by atomic mass is 16.6. The average molecular weight is 196 g/mol. The molecule has 0 radical (unpaired) electrons. The number of rotatable bonds is 0. The molecular weight excluding hydrogens is 184 g/mol. The fourth-order valence-corrected chi connectivity index (χ4v) is 1.78. The molecule has 0 aromatic heterocycles. The molecule has 4 N–H and O–H groups in total. The van der Waals surface area contributed by atoms with Crippen molar-refractivity contribution in [1.29, 1.82) is 0 Å². The van der Waals surface area contributed by atoms with Gasteiger partial charge in [-0.1, -0.05) is 24.3 Å². The highest BCUT2D eigenvalue weighted by molar-refractivity contribution is 5.34. The Bertz CT molecular complexity index is 357. The Hall–Kier alpha value is -0.940. The van der Waals surface area contributed by atoms with Gasteiger partial charge in [-0.2, -0.15) is 0 Å². The summed E-state index contributed by atoms with van der Waals surface area (Å²) in [6, 6.07) is 6.62. The Morgan fingerprint density at radius 1 is 1.00 bits per heavy atom. The Labute approximate surface area is 81.1 Å². The van der Waals surface area contributed by atoms with Crippen LogP contribution in [0.1, 0.15) is 17.5 Å². The normalized spacial score (nSPS) is 22.9. The van der Waals surface area contributed by atoms with Gasteiger partial charge in [-0.05, 0) is 12.0 Å². The zero-order valence-corrected chi connectivity index (χ0v) is 7.51. The number of fused-ring (bicyclic) bond motifs is 1. The molecule has 0 saturated carbocycles. The number of hydrogen-bond acceptors (Lipinski definition) is 4. The summed E-state index contributed by atoms with van der Waals surface area (Å²) in [5.74, 6) is -5.05. The van der Waals surface area contributed by atoms with Crippen LogP contribution < -0.4 is 0 Å². The number of hydrogen-bond donors (Lipinski definition) is 4. The summed E-state index contributed by atoms with van der Waals surface area (Å²) in [5, 5.41) is 38.0. The lowest BCUT2D eigenvalue weighted by Crippen LogP contribution is -2.54. The first-order chi connectivity index (χ1) is 6.45. The van der Waals surface area contributed by atoms with Gasteiger partial charge < -0.3 is 20.4 Å². The van der Waals surface area contributed by atoms with E-state index in [1.54, 1.807) is 18.2 Å². The van der Waals surface area contributed by atoms with Crippen molar-refractivity contribution in [1.82, 2.24) is 0 Å². The number of aliphatic hydroxyl groups is 4. The van der Waals surface area contributed by atoms with Crippen LogP contribution in [0.2, 0.25) is 0 Å². The van der Waals surface area contributed by atoms with Crippen molar-refractivity contribution in [2.24, 2.45) is 0 Å². The van der Waals surface area contributed by atoms with E-state index in [9.17, 15) is 20.4 Å². The van der Waals surface area contributed by atoms with E-state index in [0.717, 1.165) is 5.56 Å². The lowest BCUT2D eigenvalue weighted by Gasteiger charge is -2.40. The van der Waals surface area contributed by atoms with Gasteiger partial charge >= 0.3 is 0 Å². The quantitative estimate of drug-likeness (QED) is 0.420. The van der Waals surface area contributed by atoms with Crippen molar-refractivity contribution in [2.45, 2.75) is 24.4 Å². The van der Waals surface area contributed by atoms with Gasteiger partial charge in [-0.3, -0.25) is 0 Å². The first-order valence-corrected chi connectivity index (χ1v) is 4.43. The smallest absolute Gasteiger partial charge is 0.246 e. The molecule has 1 aliphatic carbocycles. The first kappa shape index (κ1) is 9.61. The second-order valence-electron chi connectivity index (χ2n) is 3.65. The molecule has 2 rings (SSSR count).